The van der Waals surface area contributed by atoms with E-state index in [4.69, 9.17) is 0 Å². The van der Waals surface area contributed by atoms with E-state index in [-0.39, 0.29) is 5.41 Å². The van der Waals surface area contributed by atoms with Crippen LogP contribution in [0.25, 0.3) is 0 Å². The Labute approximate surface area is 102 Å². The molecule has 0 radical (unpaired) electrons. The van der Waals surface area contributed by atoms with E-state index in [0.717, 1.165) is 12.6 Å². The number of hydrogen-bond donors (Lipinski definition) is 1. The van der Waals surface area contributed by atoms with E-state index < -0.39 is 11.6 Å². The van der Waals surface area contributed by atoms with Crippen LogP contribution in [0.2, 0.25) is 0 Å². The zero-order chi connectivity index (χ0) is 12.9. The van der Waals surface area contributed by atoms with Crippen molar-refractivity contribution in [2.24, 2.45) is 5.41 Å². The molecule has 1 aromatic rings. The van der Waals surface area contributed by atoms with E-state index in [1.165, 1.54) is 6.07 Å². The SMILES string of the molecule is C=CC(C)(CNCC)Cc1cccc(F)c1F. The van der Waals surface area contributed by atoms with Crippen LogP contribution < -0.4 is 5.32 Å². The van der Waals surface area contributed by atoms with Crippen LogP contribution in [0.5, 0.6) is 0 Å². The van der Waals surface area contributed by atoms with Crippen molar-refractivity contribution < 1.29 is 8.78 Å². The van der Waals surface area contributed by atoms with Crippen molar-refractivity contribution in [1.29, 1.82) is 0 Å². The van der Waals surface area contributed by atoms with E-state index in [9.17, 15) is 8.78 Å². The van der Waals surface area contributed by atoms with Gasteiger partial charge in [0.1, 0.15) is 0 Å². The predicted molar refractivity (Wildman–Crippen MR) is 66.9 cm³/mol. The molecule has 17 heavy (non-hydrogen) atoms. The third kappa shape index (κ3) is 3.63. The smallest absolute Gasteiger partial charge is 0.162 e. The van der Waals surface area contributed by atoms with E-state index in [0.29, 0.717) is 18.5 Å². The summed E-state index contributed by atoms with van der Waals surface area (Å²) in [5.41, 5.74) is 0.121. The Morgan fingerprint density at radius 1 is 1.41 bits per heavy atom. The highest BCUT2D eigenvalue weighted by atomic mass is 19.2. The Hall–Kier alpha value is -1.22. The quantitative estimate of drug-likeness (QED) is 0.751. The van der Waals surface area contributed by atoms with E-state index in [1.54, 1.807) is 12.1 Å². The first-order valence-corrected chi connectivity index (χ1v) is 5.79. The number of halogens is 2. The van der Waals surface area contributed by atoms with Gasteiger partial charge in [-0.25, -0.2) is 8.78 Å². The van der Waals surface area contributed by atoms with Gasteiger partial charge in [-0.2, -0.15) is 0 Å². The van der Waals surface area contributed by atoms with Gasteiger partial charge in [0.05, 0.1) is 0 Å². The molecule has 0 aliphatic rings. The van der Waals surface area contributed by atoms with Crippen molar-refractivity contribution >= 4 is 0 Å². The topological polar surface area (TPSA) is 12.0 Å². The molecule has 0 spiro atoms. The summed E-state index contributed by atoms with van der Waals surface area (Å²) in [7, 11) is 0. The van der Waals surface area contributed by atoms with Crippen molar-refractivity contribution in [2.45, 2.75) is 20.3 Å². The zero-order valence-corrected chi connectivity index (χ0v) is 10.4. The lowest BCUT2D eigenvalue weighted by Crippen LogP contribution is -2.32. The molecule has 0 saturated heterocycles. The fourth-order valence-electron chi connectivity index (χ4n) is 1.74. The van der Waals surface area contributed by atoms with Gasteiger partial charge in [0.15, 0.2) is 11.6 Å². The number of nitrogens with one attached hydrogen (secondary N) is 1. The van der Waals surface area contributed by atoms with Crippen molar-refractivity contribution in [1.82, 2.24) is 5.32 Å². The molecular formula is C14H19F2N. The Bertz CT molecular complexity index is 390. The minimum Gasteiger partial charge on any atom is -0.316 e. The molecule has 0 aliphatic heterocycles. The minimum atomic E-state index is -0.794. The third-order valence-corrected chi connectivity index (χ3v) is 2.90. The summed E-state index contributed by atoms with van der Waals surface area (Å²) in [6, 6.07) is 4.28. The number of rotatable bonds is 6. The largest absolute Gasteiger partial charge is 0.316 e. The summed E-state index contributed by atoms with van der Waals surface area (Å²) < 4.78 is 26.7. The molecule has 0 aromatic heterocycles. The van der Waals surface area contributed by atoms with Gasteiger partial charge in [-0.1, -0.05) is 32.1 Å². The molecule has 0 aliphatic carbocycles. The van der Waals surface area contributed by atoms with Gasteiger partial charge in [0.2, 0.25) is 0 Å². The van der Waals surface area contributed by atoms with Crippen LogP contribution in [0, 0.1) is 17.0 Å². The summed E-state index contributed by atoms with van der Waals surface area (Å²) in [4.78, 5) is 0. The fraction of sp³-hybridized carbons (Fsp3) is 0.429. The maximum atomic E-state index is 13.6. The van der Waals surface area contributed by atoms with Crippen LogP contribution in [0.1, 0.15) is 19.4 Å². The molecule has 3 heteroatoms. The molecule has 1 rings (SSSR count). The van der Waals surface area contributed by atoms with E-state index in [1.807, 2.05) is 13.8 Å². The normalized spacial score (nSPS) is 14.4. The lowest BCUT2D eigenvalue weighted by molar-refractivity contribution is 0.384. The molecule has 1 aromatic carbocycles. The first-order valence-electron chi connectivity index (χ1n) is 5.79. The first-order chi connectivity index (χ1) is 8.02. The van der Waals surface area contributed by atoms with Crippen molar-refractivity contribution in [3.63, 3.8) is 0 Å². The van der Waals surface area contributed by atoms with Crippen LogP contribution in [0.4, 0.5) is 8.78 Å². The molecule has 0 saturated carbocycles. The molecule has 94 valence electrons. The molecule has 0 bridgehead atoms. The fourth-order valence-corrected chi connectivity index (χ4v) is 1.74. The summed E-state index contributed by atoms with van der Waals surface area (Å²) in [6.07, 6.45) is 2.23. The van der Waals surface area contributed by atoms with Crippen LogP contribution in [-0.2, 0) is 6.42 Å². The maximum Gasteiger partial charge on any atom is 0.162 e. The van der Waals surface area contributed by atoms with E-state index in [2.05, 4.69) is 11.9 Å². The Morgan fingerprint density at radius 2 is 2.12 bits per heavy atom. The van der Waals surface area contributed by atoms with Crippen LogP contribution >= 0.6 is 0 Å². The van der Waals surface area contributed by atoms with Crippen LogP contribution in [0.15, 0.2) is 30.9 Å². The second-order valence-electron chi connectivity index (χ2n) is 4.53. The second-order valence-corrected chi connectivity index (χ2v) is 4.53. The number of hydrogen-bond acceptors (Lipinski definition) is 1. The molecule has 1 N–H and O–H groups in total. The van der Waals surface area contributed by atoms with Crippen molar-refractivity contribution in [2.75, 3.05) is 13.1 Å². The van der Waals surface area contributed by atoms with E-state index >= 15 is 0 Å². The average molecular weight is 239 g/mol. The molecule has 1 nitrogen and oxygen atoms in total. The van der Waals surface area contributed by atoms with Gasteiger partial charge in [0.25, 0.3) is 0 Å². The molecule has 1 atom stereocenters. The Balaban J connectivity index is 2.87. The molecular weight excluding hydrogens is 220 g/mol. The Morgan fingerprint density at radius 3 is 2.71 bits per heavy atom. The van der Waals surface area contributed by atoms with Crippen LogP contribution in [-0.4, -0.2) is 13.1 Å². The summed E-state index contributed by atoms with van der Waals surface area (Å²) in [5, 5.41) is 3.21. The monoisotopic (exact) mass is 239 g/mol. The standard InChI is InChI=1S/C14H19F2N/c1-4-14(3,10-17-5-2)9-11-7-6-8-12(15)13(11)16/h4,6-8,17H,1,5,9-10H2,2-3H3. The molecule has 1 unspecified atom stereocenters. The highest BCUT2D eigenvalue weighted by Crippen LogP contribution is 2.25. The molecule has 0 heterocycles. The second kappa shape index (κ2) is 5.92. The highest BCUT2D eigenvalue weighted by Gasteiger charge is 2.22. The maximum absolute atomic E-state index is 13.6. The van der Waals surface area contributed by atoms with Crippen LogP contribution in [0.3, 0.4) is 0 Å². The highest BCUT2D eigenvalue weighted by molar-refractivity contribution is 5.21. The first kappa shape index (κ1) is 13.8. The van der Waals surface area contributed by atoms with Gasteiger partial charge < -0.3 is 5.32 Å². The zero-order valence-electron chi connectivity index (χ0n) is 10.4. The van der Waals surface area contributed by atoms with Gasteiger partial charge >= 0.3 is 0 Å². The lowest BCUT2D eigenvalue weighted by atomic mass is 9.83. The van der Waals surface area contributed by atoms with Crippen molar-refractivity contribution in [3.8, 4) is 0 Å². The van der Waals surface area contributed by atoms with Gasteiger partial charge in [-0.05, 0) is 24.6 Å². The Kier molecular flexibility index (Phi) is 4.82. The molecule has 0 amide bonds. The predicted octanol–water partition coefficient (Wildman–Crippen LogP) is 3.31. The third-order valence-electron chi connectivity index (χ3n) is 2.90. The van der Waals surface area contributed by atoms with Crippen molar-refractivity contribution in [3.05, 3.63) is 48.1 Å². The lowest BCUT2D eigenvalue weighted by Gasteiger charge is -2.26. The summed E-state index contributed by atoms with van der Waals surface area (Å²) in [6.45, 7) is 9.30. The number of benzene rings is 1. The van der Waals surface area contributed by atoms with Gasteiger partial charge in [-0.3, -0.25) is 0 Å². The summed E-state index contributed by atoms with van der Waals surface area (Å²) >= 11 is 0. The summed E-state index contributed by atoms with van der Waals surface area (Å²) in [5.74, 6) is -1.55. The van der Waals surface area contributed by atoms with Gasteiger partial charge in [0, 0.05) is 12.0 Å². The van der Waals surface area contributed by atoms with Gasteiger partial charge in [-0.15, -0.1) is 6.58 Å². The minimum absolute atomic E-state index is 0.273. The molecule has 0 fully saturated rings. The average Bonchev–Trinajstić information content (AvgIpc) is 2.33.